The Morgan fingerprint density at radius 2 is 1.69 bits per heavy atom. The molecule has 1 aliphatic carbocycles. The van der Waals surface area contributed by atoms with E-state index in [-0.39, 0.29) is 29.1 Å². The molecule has 0 aliphatic heterocycles. The van der Waals surface area contributed by atoms with Crippen LogP contribution in [0.2, 0.25) is 5.02 Å². The third-order valence-corrected chi connectivity index (χ3v) is 9.61. The van der Waals surface area contributed by atoms with Gasteiger partial charge in [-0.3, -0.25) is 13.9 Å². The second kappa shape index (κ2) is 14.1. The number of aryl methyl sites for hydroxylation is 1. The summed E-state index contributed by atoms with van der Waals surface area (Å²) >= 11 is 6.23. The second-order valence-electron chi connectivity index (χ2n) is 10.7. The van der Waals surface area contributed by atoms with Gasteiger partial charge in [0.1, 0.15) is 18.3 Å². The van der Waals surface area contributed by atoms with Crippen molar-refractivity contribution in [2.45, 2.75) is 69.5 Å². The average Bonchev–Trinajstić information content (AvgIpc) is 2.99. The van der Waals surface area contributed by atoms with E-state index >= 15 is 0 Å². The molecule has 3 aromatic rings. The molecule has 1 N–H and O–H groups in total. The molecule has 2 amide bonds. The summed E-state index contributed by atoms with van der Waals surface area (Å²) in [6.45, 7) is 3.06. The Labute approximate surface area is 253 Å². The molecule has 224 valence electrons. The molecule has 1 saturated carbocycles. The number of anilines is 1. The number of amides is 2. The van der Waals surface area contributed by atoms with E-state index in [0.717, 1.165) is 47.5 Å². The van der Waals surface area contributed by atoms with E-state index in [1.54, 1.807) is 61.5 Å². The zero-order chi connectivity index (χ0) is 30.3. The summed E-state index contributed by atoms with van der Waals surface area (Å²) in [5, 5.41) is 3.60. The van der Waals surface area contributed by atoms with Crippen molar-refractivity contribution >= 4 is 39.1 Å². The second-order valence-corrected chi connectivity index (χ2v) is 13.0. The van der Waals surface area contributed by atoms with E-state index in [0.29, 0.717) is 10.8 Å². The number of para-hydroxylation sites is 2. The van der Waals surface area contributed by atoms with Crippen molar-refractivity contribution in [2.24, 2.45) is 0 Å². The quantitative estimate of drug-likeness (QED) is 0.299. The first-order valence-electron chi connectivity index (χ1n) is 14.2. The maximum atomic E-state index is 14.2. The third-order valence-electron chi connectivity index (χ3n) is 7.60. The molecule has 10 heteroatoms. The summed E-state index contributed by atoms with van der Waals surface area (Å²) < 4.78 is 34.6. The van der Waals surface area contributed by atoms with E-state index < -0.39 is 28.5 Å². The van der Waals surface area contributed by atoms with Gasteiger partial charge in [0.05, 0.1) is 17.7 Å². The summed E-state index contributed by atoms with van der Waals surface area (Å²) in [4.78, 5) is 29.0. The first-order valence-corrected chi connectivity index (χ1v) is 16.0. The fraction of sp³-hybridized carbons (Fsp3) is 0.375. The smallest absolute Gasteiger partial charge is 0.264 e. The lowest BCUT2D eigenvalue weighted by atomic mass is 9.95. The SMILES string of the molecule is COc1ccccc1N(CC(=O)N(Cc1cccc(Cl)c1)[C@H](C)C(=O)NC1CCCCC1)S(=O)(=O)c1ccc(C)cc1. The fourth-order valence-electron chi connectivity index (χ4n) is 5.17. The van der Waals surface area contributed by atoms with Crippen molar-refractivity contribution in [3.05, 3.63) is 88.9 Å². The molecule has 42 heavy (non-hydrogen) atoms. The van der Waals surface area contributed by atoms with Crippen LogP contribution < -0.4 is 14.4 Å². The van der Waals surface area contributed by atoms with Gasteiger partial charge in [0.15, 0.2) is 0 Å². The molecule has 3 aromatic carbocycles. The Bertz CT molecular complexity index is 1490. The van der Waals surface area contributed by atoms with Crippen LogP contribution in [0.25, 0.3) is 0 Å². The number of benzene rings is 3. The minimum Gasteiger partial charge on any atom is -0.495 e. The summed E-state index contributed by atoms with van der Waals surface area (Å²) in [6, 6.07) is 19.3. The van der Waals surface area contributed by atoms with Gasteiger partial charge in [0.25, 0.3) is 10.0 Å². The van der Waals surface area contributed by atoms with Crippen molar-refractivity contribution in [2.75, 3.05) is 18.0 Å². The van der Waals surface area contributed by atoms with Gasteiger partial charge in [-0.2, -0.15) is 0 Å². The van der Waals surface area contributed by atoms with Gasteiger partial charge in [-0.15, -0.1) is 0 Å². The zero-order valence-corrected chi connectivity index (χ0v) is 25.8. The molecule has 0 saturated heterocycles. The molecule has 4 rings (SSSR count). The average molecular weight is 612 g/mol. The summed E-state index contributed by atoms with van der Waals surface area (Å²) in [5.74, 6) is -0.518. The number of rotatable bonds is 11. The van der Waals surface area contributed by atoms with Crippen LogP contribution in [0.1, 0.15) is 50.2 Å². The van der Waals surface area contributed by atoms with Crippen molar-refractivity contribution in [3.63, 3.8) is 0 Å². The Hall–Kier alpha value is -3.56. The number of halogens is 1. The molecule has 0 aromatic heterocycles. The fourth-order valence-corrected chi connectivity index (χ4v) is 6.81. The Kier molecular flexibility index (Phi) is 10.5. The lowest BCUT2D eigenvalue weighted by molar-refractivity contribution is -0.139. The van der Waals surface area contributed by atoms with E-state index in [1.165, 1.54) is 24.1 Å². The number of carbonyl (C=O) groups is 2. The van der Waals surface area contributed by atoms with Crippen molar-refractivity contribution < 1.29 is 22.7 Å². The van der Waals surface area contributed by atoms with Gasteiger partial charge < -0.3 is 15.0 Å². The van der Waals surface area contributed by atoms with Crippen LogP contribution in [-0.2, 0) is 26.2 Å². The molecule has 0 unspecified atom stereocenters. The number of sulfonamides is 1. The van der Waals surface area contributed by atoms with Crippen LogP contribution in [-0.4, -0.2) is 50.9 Å². The summed E-state index contributed by atoms with van der Waals surface area (Å²) in [7, 11) is -2.75. The zero-order valence-electron chi connectivity index (χ0n) is 24.3. The Morgan fingerprint density at radius 3 is 2.36 bits per heavy atom. The minimum absolute atomic E-state index is 0.0382. The van der Waals surface area contributed by atoms with Gasteiger partial charge in [0.2, 0.25) is 11.8 Å². The number of carbonyl (C=O) groups excluding carboxylic acids is 2. The highest BCUT2D eigenvalue weighted by atomic mass is 35.5. The topological polar surface area (TPSA) is 96.0 Å². The van der Waals surface area contributed by atoms with Gasteiger partial charge in [-0.05, 0) is 68.7 Å². The maximum absolute atomic E-state index is 14.2. The molecular weight excluding hydrogens is 574 g/mol. The Balaban J connectivity index is 1.70. The lowest BCUT2D eigenvalue weighted by Gasteiger charge is -2.33. The highest BCUT2D eigenvalue weighted by molar-refractivity contribution is 7.92. The van der Waals surface area contributed by atoms with Crippen molar-refractivity contribution in [1.82, 2.24) is 10.2 Å². The van der Waals surface area contributed by atoms with Crippen LogP contribution in [0.5, 0.6) is 5.75 Å². The van der Waals surface area contributed by atoms with Crippen LogP contribution in [0.15, 0.2) is 77.7 Å². The molecule has 0 radical (unpaired) electrons. The predicted octanol–water partition coefficient (Wildman–Crippen LogP) is 5.72. The number of ether oxygens (including phenoxy) is 1. The molecule has 1 fully saturated rings. The van der Waals surface area contributed by atoms with Gasteiger partial charge in [-0.25, -0.2) is 8.42 Å². The van der Waals surface area contributed by atoms with Crippen LogP contribution in [0.3, 0.4) is 0 Å². The van der Waals surface area contributed by atoms with Gasteiger partial charge >= 0.3 is 0 Å². The number of nitrogens with zero attached hydrogens (tertiary/aromatic N) is 2. The monoisotopic (exact) mass is 611 g/mol. The number of hydrogen-bond donors (Lipinski definition) is 1. The van der Waals surface area contributed by atoms with Gasteiger partial charge in [-0.1, -0.05) is 72.8 Å². The Morgan fingerprint density at radius 1 is 1.00 bits per heavy atom. The largest absolute Gasteiger partial charge is 0.495 e. The summed E-state index contributed by atoms with van der Waals surface area (Å²) in [5.41, 5.74) is 1.84. The van der Waals surface area contributed by atoms with Crippen molar-refractivity contribution in [3.8, 4) is 5.75 Å². The third kappa shape index (κ3) is 7.63. The van der Waals surface area contributed by atoms with Crippen LogP contribution in [0, 0.1) is 6.92 Å². The molecule has 1 atom stereocenters. The molecule has 0 heterocycles. The molecule has 0 bridgehead atoms. The lowest BCUT2D eigenvalue weighted by Crippen LogP contribution is -2.53. The van der Waals surface area contributed by atoms with E-state index in [1.807, 2.05) is 13.0 Å². The van der Waals surface area contributed by atoms with Gasteiger partial charge in [0, 0.05) is 17.6 Å². The molecule has 0 spiro atoms. The van der Waals surface area contributed by atoms with Crippen molar-refractivity contribution in [1.29, 1.82) is 0 Å². The first kappa shape index (κ1) is 31.4. The molecule has 1 aliphatic rings. The van der Waals surface area contributed by atoms with E-state index in [9.17, 15) is 18.0 Å². The maximum Gasteiger partial charge on any atom is 0.264 e. The normalized spacial score (nSPS) is 14.6. The van der Waals surface area contributed by atoms with Crippen LogP contribution >= 0.6 is 11.6 Å². The number of hydrogen-bond acceptors (Lipinski definition) is 5. The van der Waals surface area contributed by atoms with E-state index in [2.05, 4.69) is 5.32 Å². The predicted molar refractivity (Wildman–Crippen MR) is 165 cm³/mol. The number of methoxy groups -OCH3 is 1. The minimum atomic E-state index is -4.20. The molecular formula is C32H38ClN3O5S. The first-order chi connectivity index (χ1) is 20.1. The summed E-state index contributed by atoms with van der Waals surface area (Å²) in [6.07, 6.45) is 5.05. The van der Waals surface area contributed by atoms with Crippen LogP contribution in [0.4, 0.5) is 5.69 Å². The van der Waals surface area contributed by atoms with E-state index in [4.69, 9.17) is 16.3 Å². The highest BCUT2D eigenvalue weighted by Gasteiger charge is 2.34. The highest BCUT2D eigenvalue weighted by Crippen LogP contribution is 2.32. The molecule has 8 nitrogen and oxygen atoms in total. The standard InChI is InChI=1S/C32H38ClN3O5S/c1-23-16-18-28(19-17-23)42(39,40)36(29-14-7-8-15-30(29)41-3)22-31(37)35(21-25-10-9-11-26(33)20-25)24(2)32(38)34-27-12-5-4-6-13-27/h7-11,14-20,24,27H,4-6,12-13,21-22H2,1-3H3,(H,34,38)/t24-/m1/s1. The number of nitrogens with one attached hydrogen (secondary N) is 1.